The minimum Gasteiger partial charge on any atom is -0.277 e. The van der Waals surface area contributed by atoms with Gasteiger partial charge in [-0.05, 0) is 82.2 Å². The smallest absolute Gasteiger partial charge is 0.262 e. The van der Waals surface area contributed by atoms with Gasteiger partial charge in [0.2, 0.25) is 0 Å². The summed E-state index contributed by atoms with van der Waals surface area (Å²) in [6.45, 7) is 0. The second-order valence-electron chi connectivity index (χ2n) is 6.03. The molecule has 0 saturated heterocycles. The van der Waals surface area contributed by atoms with Crippen LogP contribution < -0.4 is 4.90 Å². The Balaban J connectivity index is 1.88. The van der Waals surface area contributed by atoms with Crippen molar-refractivity contribution in [2.24, 2.45) is 0 Å². The van der Waals surface area contributed by atoms with Gasteiger partial charge >= 0.3 is 0 Å². The number of benzene rings is 4. The predicted octanol–water partition coefficient (Wildman–Crippen LogP) is 6.94. The zero-order valence-electron chi connectivity index (χ0n) is 19.7. The molecular weight excluding hydrogens is 457 g/mol. The van der Waals surface area contributed by atoms with Gasteiger partial charge in [0, 0.05) is 20.5 Å². The topological polar surface area (TPSA) is 20.3 Å². The summed E-state index contributed by atoms with van der Waals surface area (Å²) in [4.78, 5) is 14.7. The number of anilines is 2. The van der Waals surface area contributed by atoms with E-state index < -0.39 is 36.1 Å². The van der Waals surface area contributed by atoms with E-state index in [1.54, 1.807) is 42.5 Å². The highest BCUT2D eigenvalue weighted by Gasteiger charge is 2.19. The summed E-state index contributed by atoms with van der Waals surface area (Å²) in [6.07, 6.45) is 0. The Hall–Kier alpha value is -2.92. The van der Waals surface area contributed by atoms with Gasteiger partial charge in [0.25, 0.3) is 5.91 Å². The number of carbonyl (C=O) groups excluding carboxylic acids is 1. The van der Waals surface area contributed by atoms with Gasteiger partial charge in [0.05, 0.1) is 6.85 Å². The maximum Gasteiger partial charge on any atom is 0.262 e. The second kappa shape index (κ2) is 8.40. The van der Waals surface area contributed by atoms with Crippen molar-refractivity contribution < 1.29 is 11.6 Å². The molecule has 0 bridgehead atoms. The lowest BCUT2D eigenvalue weighted by atomic mass is 10.0. The molecule has 0 N–H and O–H groups in total. The van der Waals surface area contributed by atoms with Crippen molar-refractivity contribution in [2.45, 2.75) is 0 Å². The standard InChI is InChI=1S/C25H18INO/c26-22-15-11-19(12-16-22)20-13-17-24(18-14-20)27(23-9-5-2-6-10-23)25(28)21-7-3-1-4-8-21/h1-18H/i2D,5D,6D,9D,10D. The summed E-state index contributed by atoms with van der Waals surface area (Å²) < 4.78 is 41.9. The van der Waals surface area contributed by atoms with Gasteiger partial charge in [-0.15, -0.1) is 0 Å². The van der Waals surface area contributed by atoms with Crippen molar-refractivity contribution in [2.75, 3.05) is 4.90 Å². The van der Waals surface area contributed by atoms with Gasteiger partial charge in [-0.25, -0.2) is 0 Å². The van der Waals surface area contributed by atoms with Crippen LogP contribution in [0.25, 0.3) is 11.1 Å². The molecule has 0 aromatic heterocycles. The van der Waals surface area contributed by atoms with Crippen LogP contribution >= 0.6 is 22.6 Å². The fourth-order valence-corrected chi connectivity index (χ4v) is 3.22. The SMILES string of the molecule is [2H]c1c([2H])c([2H])c(N(C(=O)c2ccccc2)c2ccc(-c3ccc(I)cc3)cc2)c([2H])c1[2H]. The van der Waals surface area contributed by atoms with Crippen LogP contribution in [0.5, 0.6) is 0 Å². The molecule has 0 unspecified atom stereocenters. The van der Waals surface area contributed by atoms with Crippen molar-refractivity contribution >= 4 is 39.9 Å². The molecule has 0 heterocycles. The molecule has 4 aromatic rings. The van der Waals surface area contributed by atoms with Crippen LogP contribution in [0.1, 0.15) is 17.2 Å². The highest BCUT2D eigenvalue weighted by Crippen LogP contribution is 2.30. The van der Waals surface area contributed by atoms with Crippen LogP contribution in [0.4, 0.5) is 11.4 Å². The average Bonchev–Trinajstić information content (AvgIpc) is 2.85. The summed E-state index contributed by atoms with van der Waals surface area (Å²) >= 11 is 2.24. The Morgan fingerprint density at radius 1 is 0.714 bits per heavy atom. The summed E-state index contributed by atoms with van der Waals surface area (Å²) in [6, 6.07) is 21.2. The Labute approximate surface area is 185 Å². The Morgan fingerprint density at radius 3 is 1.89 bits per heavy atom. The monoisotopic (exact) mass is 480 g/mol. The number of carbonyl (C=O) groups is 1. The molecule has 0 radical (unpaired) electrons. The molecule has 2 nitrogen and oxygen atoms in total. The third-order valence-electron chi connectivity index (χ3n) is 4.24. The highest BCUT2D eigenvalue weighted by molar-refractivity contribution is 14.1. The van der Waals surface area contributed by atoms with Crippen LogP contribution in [0, 0.1) is 3.57 Å². The highest BCUT2D eigenvalue weighted by atomic mass is 127. The van der Waals surface area contributed by atoms with Crippen LogP contribution in [0.15, 0.2) is 109 Å². The molecule has 3 heteroatoms. The van der Waals surface area contributed by atoms with Gasteiger partial charge < -0.3 is 0 Å². The van der Waals surface area contributed by atoms with Crippen LogP contribution in [0.3, 0.4) is 0 Å². The summed E-state index contributed by atoms with van der Waals surface area (Å²) in [5.41, 5.74) is 2.49. The first-order chi connectivity index (χ1) is 15.8. The summed E-state index contributed by atoms with van der Waals surface area (Å²) in [5, 5.41) is 0. The largest absolute Gasteiger partial charge is 0.277 e. The summed E-state index contributed by atoms with van der Waals surface area (Å²) in [5.74, 6) is -0.490. The second-order valence-corrected chi connectivity index (χ2v) is 7.28. The Morgan fingerprint density at radius 2 is 1.29 bits per heavy atom. The molecule has 0 fully saturated rings. The molecule has 28 heavy (non-hydrogen) atoms. The molecule has 4 rings (SSSR count). The number of nitrogens with zero attached hydrogens (tertiary/aromatic N) is 1. The van der Waals surface area contributed by atoms with Crippen molar-refractivity contribution in [3.05, 3.63) is 118 Å². The zero-order valence-corrected chi connectivity index (χ0v) is 16.9. The van der Waals surface area contributed by atoms with E-state index in [1.165, 1.54) is 4.90 Å². The van der Waals surface area contributed by atoms with Gasteiger partial charge in [-0.1, -0.05) is 60.6 Å². The van der Waals surface area contributed by atoms with E-state index in [2.05, 4.69) is 22.6 Å². The molecule has 136 valence electrons. The quantitative estimate of drug-likeness (QED) is 0.290. The summed E-state index contributed by atoms with van der Waals surface area (Å²) in [7, 11) is 0. The molecule has 0 aliphatic heterocycles. The first kappa shape index (κ1) is 13.3. The zero-order chi connectivity index (χ0) is 23.7. The van der Waals surface area contributed by atoms with Crippen molar-refractivity contribution in [1.29, 1.82) is 0 Å². The lowest BCUT2D eigenvalue weighted by Crippen LogP contribution is -2.25. The third kappa shape index (κ3) is 3.99. The van der Waals surface area contributed by atoms with E-state index in [0.717, 1.165) is 14.7 Å². The van der Waals surface area contributed by atoms with Crippen LogP contribution in [-0.2, 0) is 0 Å². The fourth-order valence-electron chi connectivity index (χ4n) is 2.86. The number of para-hydroxylation sites is 1. The molecular formula is C25H18INO. The lowest BCUT2D eigenvalue weighted by molar-refractivity contribution is 0.0999. The van der Waals surface area contributed by atoms with E-state index in [1.807, 2.05) is 36.4 Å². The number of halogens is 1. The van der Waals surface area contributed by atoms with Crippen molar-refractivity contribution in [1.82, 2.24) is 0 Å². The minimum atomic E-state index is -0.505. The van der Waals surface area contributed by atoms with Gasteiger partial charge in [0.15, 0.2) is 0 Å². The first-order valence-corrected chi connectivity index (χ1v) is 9.70. The molecule has 4 aromatic carbocycles. The molecule has 0 aliphatic rings. The van der Waals surface area contributed by atoms with Crippen LogP contribution in [0.2, 0.25) is 0 Å². The Bertz CT molecular complexity index is 1300. The number of rotatable bonds is 4. The van der Waals surface area contributed by atoms with E-state index >= 15 is 0 Å². The maximum atomic E-state index is 13.5. The van der Waals surface area contributed by atoms with Crippen molar-refractivity contribution in [3.8, 4) is 11.1 Å². The molecule has 0 saturated carbocycles. The molecule has 1 amide bonds. The van der Waals surface area contributed by atoms with Gasteiger partial charge in [0.1, 0.15) is 0 Å². The minimum absolute atomic E-state index is 0.183. The van der Waals surface area contributed by atoms with Gasteiger partial charge in [-0.3, -0.25) is 9.69 Å². The fraction of sp³-hybridized carbons (Fsp3) is 0. The maximum absolute atomic E-state index is 13.5. The molecule has 0 aliphatic carbocycles. The van der Waals surface area contributed by atoms with Crippen LogP contribution in [-0.4, -0.2) is 5.91 Å². The predicted molar refractivity (Wildman–Crippen MR) is 124 cm³/mol. The molecule has 0 spiro atoms. The number of amides is 1. The van der Waals surface area contributed by atoms with E-state index in [0.29, 0.717) is 11.3 Å². The Kier molecular flexibility index (Phi) is 3.99. The number of hydrogen-bond donors (Lipinski definition) is 0. The van der Waals surface area contributed by atoms with E-state index in [9.17, 15) is 4.79 Å². The first-order valence-electron chi connectivity index (χ1n) is 11.1. The average molecular weight is 480 g/mol. The third-order valence-corrected chi connectivity index (χ3v) is 4.96. The van der Waals surface area contributed by atoms with E-state index in [-0.39, 0.29) is 5.69 Å². The van der Waals surface area contributed by atoms with Crippen molar-refractivity contribution in [3.63, 3.8) is 0 Å². The normalized spacial score (nSPS) is 13.0. The van der Waals surface area contributed by atoms with Gasteiger partial charge in [-0.2, -0.15) is 0 Å². The number of hydrogen-bond acceptors (Lipinski definition) is 1. The van der Waals surface area contributed by atoms with E-state index in [4.69, 9.17) is 6.85 Å². The molecule has 0 atom stereocenters. The lowest BCUT2D eigenvalue weighted by Gasteiger charge is -2.23.